The van der Waals surface area contributed by atoms with Crippen molar-refractivity contribution in [2.75, 3.05) is 0 Å². The fraction of sp³-hybridized carbons (Fsp3) is 0.769. The first-order valence-electron chi connectivity index (χ1n) is 5.84. The summed E-state index contributed by atoms with van der Waals surface area (Å²) in [5.74, 6) is -0.147. The number of rotatable bonds is 6. The Labute approximate surface area is 108 Å². The summed E-state index contributed by atoms with van der Waals surface area (Å²) in [5.41, 5.74) is -1.82. The average Bonchev–Trinajstić information content (AvgIpc) is 1.92. The lowest BCUT2D eigenvalue weighted by Crippen LogP contribution is -2.36. The van der Waals surface area contributed by atoms with Crippen LogP contribution in [-0.2, 0) is 19.1 Å². The van der Waals surface area contributed by atoms with Crippen molar-refractivity contribution in [2.24, 2.45) is 0 Å². The first kappa shape index (κ1) is 16.6. The van der Waals surface area contributed by atoms with Crippen LogP contribution in [0, 0.1) is 0 Å². The van der Waals surface area contributed by atoms with E-state index in [1.807, 2.05) is 0 Å². The molecule has 0 saturated carbocycles. The van der Waals surface area contributed by atoms with Crippen molar-refractivity contribution < 1.29 is 23.9 Å². The van der Waals surface area contributed by atoms with Crippen LogP contribution >= 0.6 is 0 Å². The van der Waals surface area contributed by atoms with Gasteiger partial charge < -0.3 is 9.47 Å². The molecule has 0 heterocycles. The van der Waals surface area contributed by atoms with Gasteiger partial charge in [-0.05, 0) is 41.5 Å². The molecular formula is C13H22O5. The summed E-state index contributed by atoms with van der Waals surface area (Å²) in [6.07, 6.45) is -0.628. The SMILES string of the molecule is CC(=O)CC(C)(C)OC(=O)OC(C)(C)CC(C)=O. The fourth-order valence-electron chi connectivity index (χ4n) is 1.74. The summed E-state index contributed by atoms with van der Waals surface area (Å²) in [5, 5.41) is 0. The smallest absolute Gasteiger partial charge is 0.428 e. The second-order valence-electron chi connectivity index (χ2n) is 5.73. The van der Waals surface area contributed by atoms with Crippen LogP contribution < -0.4 is 0 Å². The van der Waals surface area contributed by atoms with Gasteiger partial charge in [0.2, 0.25) is 0 Å². The van der Waals surface area contributed by atoms with Gasteiger partial charge in [-0.25, -0.2) is 4.79 Å². The normalized spacial score (nSPS) is 11.9. The number of carbonyl (C=O) groups excluding carboxylic acids is 3. The number of hydrogen-bond donors (Lipinski definition) is 0. The highest BCUT2D eigenvalue weighted by Crippen LogP contribution is 2.20. The molecule has 5 nitrogen and oxygen atoms in total. The van der Waals surface area contributed by atoms with E-state index in [0.717, 1.165) is 0 Å². The van der Waals surface area contributed by atoms with E-state index in [1.54, 1.807) is 27.7 Å². The molecule has 0 radical (unpaired) electrons. The Bertz CT molecular complexity index is 309. The van der Waals surface area contributed by atoms with Gasteiger partial charge in [0.25, 0.3) is 0 Å². The van der Waals surface area contributed by atoms with Gasteiger partial charge in [-0.1, -0.05) is 0 Å². The number of hydrogen-bond acceptors (Lipinski definition) is 5. The molecule has 0 N–H and O–H groups in total. The van der Waals surface area contributed by atoms with Gasteiger partial charge in [-0.2, -0.15) is 0 Å². The predicted octanol–water partition coefficient (Wildman–Crippen LogP) is 2.66. The third-order valence-corrected chi connectivity index (χ3v) is 2.07. The van der Waals surface area contributed by atoms with E-state index in [9.17, 15) is 14.4 Å². The van der Waals surface area contributed by atoms with Gasteiger partial charge in [0, 0.05) is 12.8 Å². The third-order valence-electron chi connectivity index (χ3n) is 2.07. The number of Topliss-reactive ketones (excluding diaryl/α,β-unsaturated/α-hetero) is 2. The van der Waals surface area contributed by atoms with Gasteiger partial charge in [-0.3, -0.25) is 9.59 Å². The highest BCUT2D eigenvalue weighted by Gasteiger charge is 2.30. The molecule has 18 heavy (non-hydrogen) atoms. The van der Waals surface area contributed by atoms with Gasteiger partial charge in [0.15, 0.2) is 0 Å². The van der Waals surface area contributed by atoms with Crippen LogP contribution in [0.15, 0.2) is 0 Å². The molecule has 0 aromatic heterocycles. The quantitative estimate of drug-likeness (QED) is 0.685. The molecule has 0 bridgehead atoms. The zero-order valence-corrected chi connectivity index (χ0v) is 12.0. The zero-order chi connectivity index (χ0) is 14.6. The van der Waals surface area contributed by atoms with Gasteiger partial charge in [0.1, 0.15) is 22.8 Å². The first-order valence-corrected chi connectivity index (χ1v) is 5.84. The largest absolute Gasteiger partial charge is 0.509 e. The van der Waals surface area contributed by atoms with Crippen LogP contribution in [-0.4, -0.2) is 28.9 Å². The molecule has 5 heteroatoms. The molecule has 0 aromatic carbocycles. The summed E-state index contributed by atoms with van der Waals surface area (Å²) >= 11 is 0. The van der Waals surface area contributed by atoms with Crippen molar-refractivity contribution in [3.63, 3.8) is 0 Å². The summed E-state index contributed by atoms with van der Waals surface area (Å²) < 4.78 is 10.1. The van der Waals surface area contributed by atoms with E-state index in [-0.39, 0.29) is 24.4 Å². The summed E-state index contributed by atoms with van der Waals surface area (Å²) in [4.78, 5) is 33.6. The lowest BCUT2D eigenvalue weighted by atomic mass is 10.0. The van der Waals surface area contributed by atoms with Gasteiger partial charge in [0.05, 0.1) is 0 Å². The van der Waals surface area contributed by atoms with Gasteiger partial charge >= 0.3 is 6.16 Å². The van der Waals surface area contributed by atoms with Gasteiger partial charge in [-0.15, -0.1) is 0 Å². The Morgan fingerprint density at radius 3 is 1.28 bits per heavy atom. The Morgan fingerprint density at radius 1 is 0.778 bits per heavy atom. The molecule has 0 aliphatic carbocycles. The fourth-order valence-corrected chi connectivity index (χ4v) is 1.74. The van der Waals surface area contributed by atoms with Crippen LogP contribution in [0.2, 0.25) is 0 Å². The summed E-state index contributed by atoms with van der Waals surface area (Å²) in [6, 6.07) is 0. The summed E-state index contributed by atoms with van der Waals surface area (Å²) in [7, 11) is 0. The molecule has 0 saturated heterocycles. The van der Waals surface area contributed by atoms with Crippen molar-refractivity contribution in [3.8, 4) is 0 Å². The maximum absolute atomic E-state index is 11.6. The Kier molecular flexibility index (Phi) is 5.52. The second-order valence-corrected chi connectivity index (χ2v) is 5.73. The molecule has 0 unspecified atom stereocenters. The maximum Gasteiger partial charge on any atom is 0.509 e. The number of ether oxygens (including phenoxy) is 2. The van der Waals surface area contributed by atoms with Crippen molar-refractivity contribution in [2.45, 2.75) is 65.6 Å². The van der Waals surface area contributed by atoms with Crippen molar-refractivity contribution in [1.82, 2.24) is 0 Å². The molecule has 0 amide bonds. The lowest BCUT2D eigenvalue weighted by molar-refractivity contribution is -0.124. The van der Waals surface area contributed by atoms with E-state index >= 15 is 0 Å². The Balaban J connectivity index is 4.42. The molecule has 104 valence electrons. The summed E-state index contributed by atoms with van der Waals surface area (Å²) in [6.45, 7) is 9.38. The topological polar surface area (TPSA) is 69.7 Å². The predicted molar refractivity (Wildman–Crippen MR) is 66.3 cm³/mol. The molecule has 0 rings (SSSR count). The van der Waals surface area contributed by atoms with Crippen molar-refractivity contribution >= 4 is 17.7 Å². The van der Waals surface area contributed by atoms with Crippen LogP contribution in [0.3, 0.4) is 0 Å². The van der Waals surface area contributed by atoms with Crippen LogP contribution in [0.4, 0.5) is 4.79 Å². The van der Waals surface area contributed by atoms with E-state index in [1.165, 1.54) is 13.8 Å². The Morgan fingerprint density at radius 2 is 1.06 bits per heavy atom. The minimum Gasteiger partial charge on any atom is -0.428 e. The Hall–Kier alpha value is -1.39. The van der Waals surface area contributed by atoms with E-state index in [2.05, 4.69) is 0 Å². The molecule has 0 atom stereocenters. The standard InChI is InChI=1S/C13H22O5/c1-9(14)7-12(3,4)17-11(16)18-13(5,6)8-10(2)15/h7-8H2,1-6H3. The minimum absolute atomic E-state index is 0.0733. The van der Waals surface area contributed by atoms with Crippen molar-refractivity contribution in [3.05, 3.63) is 0 Å². The molecular weight excluding hydrogens is 236 g/mol. The highest BCUT2D eigenvalue weighted by molar-refractivity contribution is 5.77. The molecule has 0 aliphatic rings. The molecule has 0 spiro atoms. The minimum atomic E-state index is -0.908. The maximum atomic E-state index is 11.6. The monoisotopic (exact) mass is 258 g/mol. The number of carbonyl (C=O) groups is 3. The first-order chi connectivity index (χ1) is 7.93. The third kappa shape index (κ3) is 7.81. The van der Waals surface area contributed by atoms with Crippen LogP contribution in [0.1, 0.15) is 54.4 Å². The molecule has 0 aromatic rings. The average molecular weight is 258 g/mol. The zero-order valence-electron chi connectivity index (χ0n) is 12.0. The second kappa shape index (κ2) is 5.98. The molecule has 0 fully saturated rings. The number of ketones is 2. The van der Waals surface area contributed by atoms with E-state index < -0.39 is 17.4 Å². The van der Waals surface area contributed by atoms with E-state index in [0.29, 0.717) is 0 Å². The van der Waals surface area contributed by atoms with Crippen molar-refractivity contribution in [1.29, 1.82) is 0 Å². The lowest BCUT2D eigenvalue weighted by Gasteiger charge is -2.28. The van der Waals surface area contributed by atoms with Crippen LogP contribution in [0.5, 0.6) is 0 Å². The van der Waals surface area contributed by atoms with Crippen LogP contribution in [0.25, 0.3) is 0 Å². The highest BCUT2D eigenvalue weighted by atomic mass is 16.7. The van der Waals surface area contributed by atoms with E-state index in [4.69, 9.17) is 9.47 Å². The molecule has 0 aliphatic heterocycles.